The second-order valence-corrected chi connectivity index (χ2v) is 2.93. The van der Waals surface area contributed by atoms with E-state index in [2.05, 4.69) is 0 Å². The van der Waals surface area contributed by atoms with E-state index in [9.17, 15) is 4.79 Å². The van der Waals surface area contributed by atoms with Gasteiger partial charge in [-0.15, -0.1) is 12.4 Å². The topological polar surface area (TPSA) is 40.5 Å². The molecular formula is C10H10ClNO2. The van der Waals surface area contributed by atoms with E-state index >= 15 is 0 Å². The van der Waals surface area contributed by atoms with Gasteiger partial charge in [-0.25, -0.2) is 4.79 Å². The smallest absolute Gasteiger partial charge is 0.411 e. The van der Waals surface area contributed by atoms with Gasteiger partial charge in [-0.1, -0.05) is 24.3 Å². The number of hydrogen-bond acceptors (Lipinski definition) is 1. The lowest BCUT2D eigenvalue weighted by molar-refractivity contribution is 0.161. The normalized spacial score (nSPS) is 13.0. The molecule has 0 fully saturated rings. The molecule has 1 N–H and O–H groups in total. The van der Waals surface area contributed by atoms with Crippen LogP contribution in [0.5, 0.6) is 0 Å². The fourth-order valence-electron chi connectivity index (χ4n) is 1.38. The van der Waals surface area contributed by atoms with Crippen molar-refractivity contribution in [2.24, 2.45) is 0 Å². The van der Waals surface area contributed by atoms with Crippen LogP contribution in [0, 0.1) is 0 Å². The molecule has 0 bridgehead atoms. The first-order valence-electron chi connectivity index (χ1n) is 4.03. The second kappa shape index (κ2) is 4.15. The summed E-state index contributed by atoms with van der Waals surface area (Å²) in [5, 5.41) is 8.74. The maximum atomic E-state index is 10.6. The van der Waals surface area contributed by atoms with E-state index in [4.69, 9.17) is 5.11 Å². The molecule has 0 atom stereocenters. The molecule has 0 saturated heterocycles. The van der Waals surface area contributed by atoms with Crippen molar-refractivity contribution in [3.8, 4) is 0 Å². The molecule has 3 nitrogen and oxygen atoms in total. The van der Waals surface area contributed by atoms with Gasteiger partial charge >= 0.3 is 6.09 Å². The molecule has 1 heterocycles. The van der Waals surface area contributed by atoms with Crippen molar-refractivity contribution in [2.45, 2.75) is 6.54 Å². The zero-order valence-corrected chi connectivity index (χ0v) is 8.20. The minimum Gasteiger partial charge on any atom is -0.465 e. The lowest BCUT2D eigenvalue weighted by Crippen LogP contribution is -2.25. The van der Waals surface area contributed by atoms with Gasteiger partial charge in [-0.2, -0.15) is 0 Å². The van der Waals surface area contributed by atoms with Crippen LogP contribution in [0.2, 0.25) is 0 Å². The van der Waals surface area contributed by atoms with Gasteiger partial charge in [-0.05, 0) is 17.2 Å². The minimum atomic E-state index is -0.911. The highest BCUT2D eigenvalue weighted by Gasteiger charge is 2.14. The van der Waals surface area contributed by atoms with Crippen molar-refractivity contribution in [2.75, 3.05) is 0 Å². The van der Waals surface area contributed by atoms with E-state index in [1.807, 2.05) is 30.3 Å². The second-order valence-electron chi connectivity index (χ2n) is 2.93. The van der Waals surface area contributed by atoms with Gasteiger partial charge in [0.15, 0.2) is 0 Å². The summed E-state index contributed by atoms with van der Waals surface area (Å²) in [5.74, 6) is 0. The average molecular weight is 212 g/mol. The lowest BCUT2D eigenvalue weighted by Gasteiger charge is -2.20. The number of halogens is 1. The van der Waals surface area contributed by atoms with Crippen molar-refractivity contribution >= 4 is 24.6 Å². The Morgan fingerprint density at radius 2 is 2.07 bits per heavy atom. The highest BCUT2D eigenvalue weighted by molar-refractivity contribution is 5.85. The van der Waals surface area contributed by atoms with E-state index < -0.39 is 6.09 Å². The molecule has 0 saturated carbocycles. The van der Waals surface area contributed by atoms with Crippen LogP contribution in [0.3, 0.4) is 0 Å². The maximum Gasteiger partial charge on any atom is 0.411 e. The Hall–Kier alpha value is -1.48. The third-order valence-corrected chi connectivity index (χ3v) is 2.08. The number of nitrogens with zero attached hydrogens (tertiary/aromatic N) is 1. The lowest BCUT2D eigenvalue weighted by atomic mass is 10.1. The van der Waals surface area contributed by atoms with Gasteiger partial charge in [0.25, 0.3) is 0 Å². The Morgan fingerprint density at radius 1 is 1.36 bits per heavy atom. The highest BCUT2D eigenvalue weighted by atomic mass is 35.5. The SMILES string of the molecule is Cl.O=C(O)N1C=Cc2ccccc2C1. The van der Waals surface area contributed by atoms with E-state index in [1.165, 1.54) is 4.90 Å². The predicted molar refractivity (Wildman–Crippen MR) is 56.3 cm³/mol. The maximum absolute atomic E-state index is 10.6. The van der Waals surface area contributed by atoms with Crippen LogP contribution in [0.25, 0.3) is 6.08 Å². The Labute approximate surface area is 88.1 Å². The summed E-state index contributed by atoms with van der Waals surface area (Å²) in [6.07, 6.45) is 2.49. The summed E-state index contributed by atoms with van der Waals surface area (Å²) >= 11 is 0. The van der Waals surface area contributed by atoms with Crippen LogP contribution >= 0.6 is 12.4 Å². The Bertz CT molecular complexity index is 376. The van der Waals surface area contributed by atoms with Gasteiger partial charge in [0, 0.05) is 6.20 Å². The largest absolute Gasteiger partial charge is 0.465 e. The number of hydrogen-bond donors (Lipinski definition) is 1. The van der Waals surface area contributed by atoms with E-state index in [0.29, 0.717) is 6.54 Å². The quantitative estimate of drug-likeness (QED) is 0.717. The molecule has 14 heavy (non-hydrogen) atoms. The van der Waals surface area contributed by atoms with Crippen LogP contribution in [0.1, 0.15) is 11.1 Å². The molecule has 0 aromatic heterocycles. The first-order chi connectivity index (χ1) is 6.27. The zero-order valence-electron chi connectivity index (χ0n) is 7.38. The Morgan fingerprint density at radius 3 is 2.79 bits per heavy atom. The molecule has 74 valence electrons. The van der Waals surface area contributed by atoms with Crippen molar-refractivity contribution in [3.05, 3.63) is 41.6 Å². The molecule has 1 aliphatic heterocycles. The molecular weight excluding hydrogens is 202 g/mol. The van der Waals surface area contributed by atoms with Gasteiger partial charge in [0.1, 0.15) is 0 Å². The van der Waals surface area contributed by atoms with Gasteiger partial charge in [0.05, 0.1) is 6.54 Å². The molecule has 0 radical (unpaired) electrons. The van der Waals surface area contributed by atoms with Gasteiger partial charge in [0.2, 0.25) is 0 Å². The van der Waals surface area contributed by atoms with Crippen molar-refractivity contribution < 1.29 is 9.90 Å². The van der Waals surface area contributed by atoms with Crippen LogP contribution in [0.15, 0.2) is 30.5 Å². The molecule has 1 aromatic carbocycles. The number of carbonyl (C=O) groups is 1. The summed E-state index contributed by atoms with van der Waals surface area (Å²) in [5.41, 5.74) is 2.15. The number of fused-ring (bicyclic) bond motifs is 1. The molecule has 1 amide bonds. The third-order valence-electron chi connectivity index (χ3n) is 2.08. The first-order valence-corrected chi connectivity index (χ1v) is 4.03. The molecule has 0 unspecified atom stereocenters. The van der Waals surface area contributed by atoms with Crippen LogP contribution < -0.4 is 0 Å². The van der Waals surface area contributed by atoms with Crippen LogP contribution in [0.4, 0.5) is 4.79 Å². The van der Waals surface area contributed by atoms with E-state index in [-0.39, 0.29) is 12.4 Å². The van der Waals surface area contributed by atoms with Gasteiger partial charge < -0.3 is 5.11 Å². The minimum absolute atomic E-state index is 0. The van der Waals surface area contributed by atoms with E-state index in [1.54, 1.807) is 6.20 Å². The number of carboxylic acid groups (broad SMARTS) is 1. The summed E-state index contributed by atoms with van der Waals surface area (Å²) in [7, 11) is 0. The molecule has 0 aliphatic carbocycles. The number of rotatable bonds is 0. The molecule has 4 heteroatoms. The molecule has 1 aliphatic rings. The van der Waals surface area contributed by atoms with Crippen molar-refractivity contribution in [1.29, 1.82) is 0 Å². The molecule has 2 rings (SSSR count). The molecule has 0 spiro atoms. The fourth-order valence-corrected chi connectivity index (χ4v) is 1.38. The fraction of sp³-hybridized carbons (Fsp3) is 0.100. The van der Waals surface area contributed by atoms with Crippen LogP contribution in [-0.2, 0) is 6.54 Å². The Kier molecular flexibility index (Phi) is 3.14. The zero-order chi connectivity index (χ0) is 9.26. The summed E-state index contributed by atoms with van der Waals surface area (Å²) < 4.78 is 0. The monoisotopic (exact) mass is 211 g/mol. The molecule has 1 aromatic rings. The standard InChI is InChI=1S/C10H9NO2.ClH/c12-10(13)11-6-5-8-3-1-2-4-9(8)7-11;/h1-6H,7H2,(H,12,13);1H. The van der Waals surface area contributed by atoms with Gasteiger partial charge in [-0.3, -0.25) is 4.90 Å². The van der Waals surface area contributed by atoms with Crippen LogP contribution in [-0.4, -0.2) is 16.1 Å². The predicted octanol–water partition coefficient (Wildman–Crippen LogP) is 2.57. The Balaban J connectivity index is 0.000000980. The highest BCUT2D eigenvalue weighted by Crippen LogP contribution is 2.18. The van der Waals surface area contributed by atoms with Crippen molar-refractivity contribution in [3.63, 3.8) is 0 Å². The number of benzene rings is 1. The average Bonchev–Trinajstić information content (AvgIpc) is 2.17. The number of amides is 1. The summed E-state index contributed by atoms with van der Waals surface area (Å²) in [4.78, 5) is 11.9. The summed E-state index contributed by atoms with van der Waals surface area (Å²) in [6.45, 7) is 0.446. The summed E-state index contributed by atoms with van der Waals surface area (Å²) in [6, 6.07) is 7.78. The third kappa shape index (κ3) is 1.88. The van der Waals surface area contributed by atoms with E-state index in [0.717, 1.165) is 11.1 Å². The van der Waals surface area contributed by atoms with Crippen molar-refractivity contribution in [1.82, 2.24) is 4.90 Å². The first kappa shape index (κ1) is 10.6.